The topological polar surface area (TPSA) is 143 Å². The van der Waals surface area contributed by atoms with E-state index < -0.39 is 21.2 Å². The molecule has 1 saturated carbocycles. The van der Waals surface area contributed by atoms with Crippen molar-refractivity contribution >= 4 is 27.2 Å². The molecule has 1 amide bonds. The summed E-state index contributed by atoms with van der Waals surface area (Å²) in [6, 6.07) is 5.08. The van der Waals surface area contributed by atoms with Crippen molar-refractivity contribution in [3.63, 3.8) is 0 Å². The van der Waals surface area contributed by atoms with E-state index in [1.807, 2.05) is 0 Å². The largest absolute Gasteiger partial charge is 0.491 e. The molecule has 1 N–H and O–H groups in total. The number of rotatable bonds is 8. The molecular formula is C24H27N5O7S. The smallest absolute Gasteiger partial charge is 0.339 e. The Bertz CT molecular complexity index is 1670. The Morgan fingerprint density at radius 3 is 2.57 bits per heavy atom. The van der Waals surface area contributed by atoms with Gasteiger partial charge in [0.05, 0.1) is 18.8 Å². The number of hydrogen-bond donors (Lipinski definition) is 1. The maximum Gasteiger partial charge on any atom is 0.339 e. The van der Waals surface area contributed by atoms with Gasteiger partial charge in [0.2, 0.25) is 11.7 Å². The number of carbonyl (C=O) groups is 1. The molecule has 13 heteroatoms. The van der Waals surface area contributed by atoms with Crippen molar-refractivity contribution in [3.05, 3.63) is 50.4 Å². The molecule has 0 radical (unpaired) electrons. The molecule has 3 aromatic rings. The van der Waals surface area contributed by atoms with Gasteiger partial charge in [-0.05, 0) is 31.9 Å². The molecule has 2 heterocycles. The van der Waals surface area contributed by atoms with Crippen LogP contribution in [0, 0.1) is 24.7 Å². The average Bonchev–Trinajstić information content (AvgIpc) is 3.62. The van der Waals surface area contributed by atoms with E-state index in [2.05, 4.69) is 22.1 Å². The third-order valence-corrected chi connectivity index (χ3v) is 6.87. The lowest BCUT2D eigenvalue weighted by molar-refractivity contribution is -0.117. The number of hydrogen-bond acceptors (Lipinski definition) is 8. The Morgan fingerprint density at radius 2 is 1.92 bits per heavy atom. The molecule has 1 aliphatic carbocycles. The van der Waals surface area contributed by atoms with Gasteiger partial charge in [0.1, 0.15) is 12.4 Å². The van der Waals surface area contributed by atoms with Gasteiger partial charge in [-0.2, -0.15) is 4.98 Å². The van der Waals surface area contributed by atoms with Crippen molar-refractivity contribution < 1.29 is 22.7 Å². The quantitative estimate of drug-likeness (QED) is 0.325. The minimum Gasteiger partial charge on any atom is -0.491 e. The number of carbonyl (C=O) groups excluding carboxylic acids is 1. The highest BCUT2D eigenvalue weighted by atomic mass is 32.2. The Kier molecular flexibility index (Phi) is 7.24. The second-order valence-electron chi connectivity index (χ2n) is 8.77. The summed E-state index contributed by atoms with van der Waals surface area (Å²) in [5.41, 5.74) is -0.241. The highest BCUT2D eigenvalue weighted by Crippen LogP contribution is 2.31. The van der Waals surface area contributed by atoms with Gasteiger partial charge in [-0.3, -0.25) is 9.36 Å². The summed E-state index contributed by atoms with van der Waals surface area (Å²) >= 11 is 0. The van der Waals surface area contributed by atoms with E-state index >= 15 is 0 Å². The third-order valence-electron chi connectivity index (χ3n) is 5.78. The van der Waals surface area contributed by atoms with Gasteiger partial charge in [0.15, 0.2) is 14.9 Å². The maximum atomic E-state index is 12.8. The van der Waals surface area contributed by atoms with Crippen LogP contribution in [0.4, 0.5) is 5.69 Å². The molecule has 0 atom stereocenters. The van der Waals surface area contributed by atoms with Gasteiger partial charge in [0, 0.05) is 43.6 Å². The van der Waals surface area contributed by atoms with Crippen molar-refractivity contribution in [1.82, 2.24) is 18.5 Å². The Balaban J connectivity index is 1.71. The maximum absolute atomic E-state index is 12.8. The Morgan fingerprint density at radius 1 is 1.19 bits per heavy atom. The Hall–Kier alpha value is -3.89. The van der Waals surface area contributed by atoms with E-state index in [1.54, 1.807) is 25.3 Å². The van der Waals surface area contributed by atoms with E-state index in [-0.39, 0.29) is 34.9 Å². The van der Waals surface area contributed by atoms with Gasteiger partial charge in [-0.25, -0.2) is 27.0 Å². The zero-order valence-electron chi connectivity index (χ0n) is 20.9. The number of ether oxygens (including phenoxy) is 2. The minimum atomic E-state index is -3.74. The molecule has 1 fully saturated rings. The first-order valence-electron chi connectivity index (χ1n) is 11.5. The zero-order valence-corrected chi connectivity index (χ0v) is 21.7. The molecule has 1 aromatic carbocycles. The van der Waals surface area contributed by atoms with E-state index in [4.69, 9.17) is 9.47 Å². The molecule has 0 saturated heterocycles. The molecule has 0 aliphatic heterocycles. The van der Waals surface area contributed by atoms with Crippen LogP contribution in [0.15, 0.2) is 32.8 Å². The van der Waals surface area contributed by atoms with Crippen LogP contribution in [-0.4, -0.2) is 59.4 Å². The van der Waals surface area contributed by atoms with Gasteiger partial charge in [-0.15, -0.1) is 0 Å². The second kappa shape index (κ2) is 10.2. The van der Waals surface area contributed by atoms with Gasteiger partial charge in [0.25, 0.3) is 0 Å². The molecule has 4 rings (SSSR count). The first-order chi connectivity index (χ1) is 17.5. The summed E-state index contributed by atoms with van der Waals surface area (Å²) in [6.45, 7) is 1.96. The summed E-state index contributed by atoms with van der Waals surface area (Å²) in [5.74, 6) is 6.14. The standard InChI is InChI=1S/C24H27N5O7S/c1-15-21(37(4,33)34)26-22-28(23(31)27(2)24(32)29(15)22)9-5-6-16-12-18(25-20(30)17-7-8-17)14-19(13-16)36-11-10-35-3/h12-14,17H,7-11H2,1-4H3,(H,25,30). The molecular weight excluding hydrogens is 502 g/mol. The number of benzene rings is 1. The highest BCUT2D eigenvalue weighted by molar-refractivity contribution is 7.90. The van der Waals surface area contributed by atoms with Crippen LogP contribution in [-0.2, 0) is 33.0 Å². The monoisotopic (exact) mass is 529 g/mol. The lowest BCUT2D eigenvalue weighted by atomic mass is 10.2. The van der Waals surface area contributed by atoms with Crippen molar-refractivity contribution in [2.45, 2.75) is 31.3 Å². The summed E-state index contributed by atoms with van der Waals surface area (Å²) in [4.78, 5) is 41.8. The number of fused-ring (bicyclic) bond motifs is 1. The van der Waals surface area contributed by atoms with Crippen LogP contribution in [0.25, 0.3) is 5.78 Å². The molecule has 196 valence electrons. The van der Waals surface area contributed by atoms with Gasteiger partial charge in [-0.1, -0.05) is 11.8 Å². The molecule has 2 aromatic heterocycles. The summed E-state index contributed by atoms with van der Waals surface area (Å²) in [5, 5.41) is 2.59. The SMILES string of the molecule is COCCOc1cc(C#CCn2c(=O)n(C)c(=O)n3c(C)c(S(C)(=O)=O)nc23)cc(NC(=O)C2CC2)c1. The lowest BCUT2D eigenvalue weighted by Crippen LogP contribution is -2.42. The fourth-order valence-electron chi connectivity index (χ4n) is 3.75. The van der Waals surface area contributed by atoms with E-state index in [0.717, 1.165) is 32.6 Å². The number of anilines is 1. The highest BCUT2D eigenvalue weighted by Gasteiger charge is 2.29. The first-order valence-corrected chi connectivity index (χ1v) is 13.4. The normalized spacial score (nSPS) is 13.3. The minimum absolute atomic E-state index is 0.0152. The van der Waals surface area contributed by atoms with Crippen LogP contribution in [0.1, 0.15) is 24.1 Å². The van der Waals surface area contributed by atoms with Crippen LogP contribution in [0.3, 0.4) is 0 Å². The zero-order chi connectivity index (χ0) is 26.9. The number of methoxy groups -OCH3 is 1. The van der Waals surface area contributed by atoms with Gasteiger partial charge >= 0.3 is 11.4 Å². The number of amides is 1. The number of sulfone groups is 1. The first kappa shape index (κ1) is 26.2. The van der Waals surface area contributed by atoms with Crippen molar-refractivity contribution in [1.29, 1.82) is 0 Å². The molecule has 0 bridgehead atoms. The van der Waals surface area contributed by atoms with Gasteiger partial charge < -0.3 is 14.8 Å². The van der Waals surface area contributed by atoms with E-state index in [9.17, 15) is 22.8 Å². The van der Waals surface area contributed by atoms with Crippen molar-refractivity contribution in [2.75, 3.05) is 31.9 Å². The van der Waals surface area contributed by atoms with Crippen molar-refractivity contribution in [3.8, 4) is 17.6 Å². The predicted octanol–water partition coefficient (Wildman–Crippen LogP) is 0.332. The summed E-state index contributed by atoms with van der Waals surface area (Å²) in [6.07, 6.45) is 2.70. The molecule has 12 nitrogen and oxygen atoms in total. The lowest BCUT2D eigenvalue weighted by Gasteiger charge is -2.10. The number of nitrogens with one attached hydrogen (secondary N) is 1. The summed E-state index contributed by atoms with van der Waals surface area (Å²) in [7, 11) is -0.882. The molecule has 0 unspecified atom stereocenters. The number of aryl methyl sites for hydroxylation is 1. The molecule has 1 aliphatic rings. The average molecular weight is 530 g/mol. The van der Waals surface area contributed by atoms with E-state index in [0.29, 0.717) is 30.2 Å². The van der Waals surface area contributed by atoms with E-state index in [1.165, 1.54) is 14.0 Å². The van der Waals surface area contributed by atoms with Crippen LogP contribution >= 0.6 is 0 Å². The molecule has 37 heavy (non-hydrogen) atoms. The Labute approximate surface area is 212 Å². The fourth-order valence-corrected chi connectivity index (χ4v) is 4.62. The van der Waals surface area contributed by atoms with Crippen LogP contribution in [0.2, 0.25) is 0 Å². The predicted molar refractivity (Wildman–Crippen MR) is 135 cm³/mol. The number of nitrogens with zero attached hydrogens (tertiary/aromatic N) is 4. The summed E-state index contributed by atoms with van der Waals surface area (Å²) < 4.78 is 38.1. The number of imidazole rings is 1. The van der Waals surface area contributed by atoms with Crippen molar-refractivity contribution in [2.24, 2.45) is 13.0 Å². The molecule has 0 spiro atoms. The van der Waals surface area contributed by atoms with Crippen LogP contribution in [0.5, 0.6) is 5.75 Å². The second-order valence-corrected chi connectivity index (χ2v) is 10.7. The third kappa shape index (κ3) is 5.60. The number of aromatic nitrogens is 4. The van der Waals surface area contributed by atoms with Crippen LogP contribution < -0.4 is 21.4 Å². The fraction of sp³-hybridized carbons (Fsp3) is 0.417.